The fourth-order valence-electron chi connectivity index (χ4n) is 14.9. The Morgan fingerprint density at radius 2 is 0.685 bits per heavy atom. The molecule has 3 heterocycles. The van der Waals surface area contributed by atoms with Gasteiger partial charge in [-0.2, -0.15) is 15.0 Å². The van der Waals surface area contributed by atoms with Gasteiger partial charge in [0.2, 0.25) is 11.9 Å². The van der Waals surface area contributed by atoms with Gasteiger partial charge in [0.15, 0.2) is 13.9 Å². The van der Waals surface area contributed by atoms with Crippen molar-refractivity contribution < 1.29 is 0 Å². The first-order chi connectivity index (χ1) is 35.6. The van der Waals surface area contributed by atoms with E-state index in [4.69, 9.17) is 15.0 Å². The Bertz CT molecular complexity index is 3770. The molecule has 0 N–H and O–H groups in total. The third kappa shape index (κ3) is 6.04. The van der Waals surface area contributed by atoms with Gasteiger partial charge in [-0.1, -0.05) is 179 Å². The van der Waals surface area contributed by atoms with E-state index in [-0.39, 0.29) is 21.7 Å². The lowest BCUT2D eigenvalue weighted by Gasteiger charge is -2.52. The summed E-state index contributed by atoms with van der Waals surface area (Å²) >= 11 is 0. The SMILES string of the molecule is CC12CCC(C)(CC1)c1cc3c(cc12)c1ccccc1n3-c1nc(-c2cccc([Si](c3ccccc3)(c3ccccc3)c3ccccc3)c2)nc(-n2c3ccccc3c3cc4c(cc32)C2(C)CCC4(C)CC2)n1. The maximum absolute atomic E-state index is 5.75. The molecular formula is C67H59N5Si. The number of aromatic nitrogens is 5. The van der Waals surface area contributed by atoms with Gasteiger partial charge in [-0.15, -0.1) is 0 Å². The molecule has 3 aromatic heterocycles. The summed E-state index contributed by atoms with van der Waals surface area (Å²) in [7, 11) is -2.89. The molecule has 0 atom stereocenters. The predicted molar refractivity (Wildman–Crippen MR) is 304 cm³/mol. The number of benzene rings is 8. The van der Waals surface area contributed by atoms with E-state index in [2.05, 4.69) is 225 Å². The van der Waals surface area contributed by atoms with Crippen LogP contribution in [0.1, 0.15) is 101 Å². The highest BCUT2D eigenvalue weighted by Gasteiger charge is 2.50. The number of hydrogen-bond acceptors (Lipinski definition) is 3. The Kier molecular flexibility index (Phi) is 9.06. The molecule has 2 fully saturated rings. The highest BCUT2D eigenvalue weighted by molar-refractivity contribution is 7.19. The second-order valence-corrected chi connectivity index (χ2v) is 27.3. The molecule has 6 heteroatoms. The first kappa shape index (κ1) is 43.2. The molecule has 4 bridgehead atoms. The maximum atomic E-state index is 5.75. The number of para-hydroxylation sites is 2. The zero-order chi connectivity index (χ0) is 48.9. The molecular weight excluding hydrogens is 903 g/mol. The lowest BCUT2D eigenvalue weighted by atomic mass is 9.52. The normalized spacial score (nSPS) is 23.1. The zero-order valence-corrected chi connectivity index (χ0v) is 43.3. The van der Waals surface area contributed by atoms with Crippen LogP contribution in [0.15, 0.2) is 188 Å². The number of hydrogen-bond donors (Lipinski definition) is 0. The fourth-order valence-corrected chi connectivity index (χ4v) is 19.7. The van der Waals surface area contributed by atoms with Crippen molar-refractivity contribution >= 4 is 72.4 Å². The van der Waals surface area contributed by atoms with Crippen LogP contribution in [0.4, 0.5) is 0 Å². The first-order valence-electron chi connectivity index (χ1n) is 26.8. The summed E-state index contributed by atoms with van der Waals surface area (Å²) in [5, 5.41) is 10.3. The Balaban J connectivity index is 1.04. The molecule has 2 saturated carbocycles. The molecule has 356 valence electrons. The van der Waals surface area contributed by atoms with Crippen molar-refractivity contribution in [1.29, 1.82) is 0 Å². The van der Waals surface area contributed by atoms with Crippen molar-refractivity contribution in [1.82, 2.24) is 24.1 Å². The van der Waals surface area contributed by atoms with Crippen LogP contribution in [0.5, 0.6) is 0 Å². The lowest BCUT2D eigenvalue weighted by Crippen LogP contribution is -2.74. The van der Waals surface area contributed by atoms with Crippen LogP contribution in [-0.2, 0) is 21.7 Å². The molecule has 5 nitrogen and oxygen atoms in total. The lowest BCUT2D eigenvalue weighted by molar-refractivity contribution is 0.188. The van der Waals surface area contributed by atoms with Crippen LogP contribution in [0.25, 0.3) is 66.9 Å². The van der Waals surface area contributed by atoms with Gasteiger partial charge in [0.05, 0.1) is 22.1 Å². The Hall–Kier alpha value is -7.41. The topological polar surface area (TPSA) is 48.5 Å². The average Bonchev–Trinajstić information content (AvgIpc) is 3.95. The highest BCUT2D eigenvalue weighted by atomic mass is 28.3. The van der Waals surface area contributed by atoms with Crippen molar-refractivity contribution in [2.75, 3.05) is 0 Å². The van der Waals surface area contributed by atoms with Crippen LogP contribution in [0, 0.1) is 0 Å². The summed E-state index contributed by atoms with van der Waals surface area (Å²) in [5.41, 5.74) is 12.2. The average molecular weight is 962 g/mol. The monoisotopic (exact) mass is 961 g/mol. The summed E-state index contributed by atoms with van der Waals surface area (Å²) in [6, 6.07) is 70.8. The van der Waals surface area contributed by atoms with E-state index in [0.717, 1.165) is 27.6 Å². The van der Waals surface area contributed by atoms with Gasteiger partial charge < -0.3 is 0 Å². The molecule has 0 saturated heterocycles. The van der Waals surface area contributed by atoms with E-state index < -0.39 is 8.07 Å². The molecule has 17 rings (SSSR count). The molecule has 0 unspecified atom stereocenters. The number of nitrogens with zero attached hydrogens (tertiary/aromatic N) is 5. The molecule has 0 radical (unpaired) electrons. The third-order valence-corrected chi connectivity index (χ3v) is 24.1. The summed E-state index contributed by atoms with van der Waals surface area (Å²) in [4.78, 5) is 17.2. The van der Waals surface area contributed by atoms with Gasteiger partial charge in [-0.3, -0.25) is 9.13 Å². The quantitative estimate of drug-likeness (QED) is 0.118. The van der Waals surface area contributed by atoms with Gasteiger partial charge in [-0.05, 0) is 152 Å². The number of fused-ring (bicyclic) bond motifs is 10. The number of rotatable bonds is 7. The predicted octanol–water partition coefficient (Wildman–Crippen LogP) is 13.3. The second kappa shape index (κ2) is 15.3. The van der Waals surface area contributed by atoms with Crippen molar-refractivity contribution in [2.45, 2.75) is 101 Å². The van der Waals surface area contributed by atoms with E-state index in [0.29, 0.717) is 17.7 Å². The standard InChI is InChI=1S/C67H59N5Si/c1-64-31-35-66(3,36-32-64)55-42-59-51(40-53(55)64)49-27-14-16-29-57(49)71(59)62-68-61(44-19-18-26-48(39-44)73(45-20-8-5-9-21-45,46-22-10-6-11-23-46)47-24-12-7-13-25-47)69-63(70-62)72-58-30-17-15-28-50(58)52-41-54-56(43-60(52)72)67(4)37-33-65(54,2)34-38-67/h5-30,39-43H,31-38H2,1-4H3. The van der Waals surface area contributed by atoms with Crippen LogP contribution in [0.3, 0.4) is 0 Å². The van der Waals surface area contributed by atoms with Crippen molar-refractivity contribution in [3.05, 3.63) is 210 Å². The molecule has 0 amide bonds. The van der Waals surface area contributed by atoms with Gasteiger partial charge in [-0.25, -0.2) is 0 Å². The highest BCUT2D eigenvalue weighted by Crippen LogP contribution is 2.59. The smallest absolute Gasteiger partial charge is 0.240 e. The summed E-state index contributed by atoms with van der Waals surface area (Å²) < 4.78 is 4.73. The van der Waals surface area contributed by atoms with Crippen LogP contribution >= 0.6 is 0 Å². The largest absolute Gasteiger partial charge is 0.278 e. The minimum Gasteiger partial charge on any atom is -0.278 e. The summed E-state index contributed by atoms with van der Waals surface area (Å²) in [5.74, 6) is 1.92. The van der Waals surface area contributed by atoms with Gasteiger partial charge >= 0.3 is 0 Å². The first-order valence-corrected chi connectivity index (χ1v) is 28.8. The van der Waals surface area contributed by atoms with Crippen molar-refractivity contribution in [2.24, 2.45) is 0 Å². The molecule has 6 aliphatic carbocycles. The Morgan fingerprint density at radius 1 is 0.329 bits per heavy atom. The van der Waals surface area contributed by atoms with Crippen LogP contribution in [0.2, 0.25) is 0 Å². The van der Waals surface area contributed by atoms with E-state index in [1.165, 1.54) is 116 Å². The maximum Gasteiger partial charge on any atom is 0.240 e. The Labute approximate surface area is 428 Å². The zero-order valence-electron chi connectivity index (χ0n) is 42.3. The molecule has 6 aliphatic rings. The fraction of sp³-hybridized carbons (Fsp3) is 0.239. The van der Waals surface area contributed by atoms with Crippen molar-refractivity contribution in [3.63, 3.8) is 0 Å². The molecule has 11 aromatic rings. The minimum atomic E-state index is -2.89. The van der Waals surface area contributed by atoms with E-state index >= 15 is 0 Å². The van der Waals surface area contributed by atoms with Crippen molar-refractivity contribution in [3.8, 4) is 23.3 Å². The van der Waals surface area contributed by atoms with E-state index in [1.807, 2.05) is 0 Å². The Morgan fingerprint density at radius 3 is 1.10 bits per heavy atom. The van der Waals surface area contributed by atoms with Crippen LogP contribution in [-0.4, -0.2) is 32.2 Å². The summed E-state index contributed by atoms with van der Waals surface area (Å²) in [6.45, 7) is 10.0. The third-order valence-electron chi connectivity index (χ3n) is 19.3. The van der Waals surface area contributed by atoms with E-state index in [1.54, 1.807) is 0 Å². The molecule has 8 aromatic carbocycles. The second-order valence-electron chi connectivity index (χ2n) is 23.5. The minimum absolute atomic E-state index is 0.139. The molecule has 0 spiro atoms. The van der Waals surface area contributed by atoms with Gasteiger partial charge in [0, 0.05) is 27.1 Å². The molecule has 0 aliphatic heterocycles. The van der Waals surface area contributed by atoms with E-state index in [9.17, 15) is 0 Å². The van der Waals surface area contributed by atoms with Gasteiger partial charge in [0.25, 0.3) is 0 Å². The molecule has 73 heavy (non-hydrogen) atoms. The van der Waals surface area contributed by atoms with Gasteiger partial charge in [0.1, 0.15) is 0 Å². The van der Waals surface area contributed by atoms with Crippen LogP contribution < -0.4 is 20.7 Å². The summed E-state index contributed by atoms with van der Waals surface area (Å²) in [6.07, 6.45) is 9.82.